The lowest BCUT2D eigenvalue weighted by molar-refractivity contribution is -0.132. The molecule has 1 aromatic rings. The summed E-state index contributed by atoms with van der Waals surface area (Å²) in [5, 5.41) is 3.99. The minimum atomic E-state index is 0.0604. The molecular weight excluding hydrogens is 294 g/mol. The van der Waals surface area contributed by atoms with Crippen LogP contribution in [-0.4, -0.2) is 66.1 Å². The molecule has 130 valence electrons. The zero-order valence-electron chi connectivity index (χ0n) is 14.8. The van der Waals surface area contributed by atoms with E-state index in [1.807, 2.05) is 23.9 Å². The molecule has 1 atom stereocenters. The van der Waals surface area contributed by atoms with Gasteiger partial charge in [0, 0.05) is 27.2 Å². The molecule has 1 aliphatic rings. The largest absolute Gasteiger partial charge is 0.344 e. The Hall–Kier alpha value is -1.63. The fourth-order valence-electron chi connectivity index (χ4n) is 3.01. The average molecular weight is 323 g/mol. The monoisotopic (exact) mass is 323 g/mol. The van der Waals surface area contributed by atoms with E-state index < -0.39 is 0 Å². The molecule has 1 amide bonds. The maximum absolute atomic E-state index is 12.6. The summed E-state index contributed by atoms with van der Waals surface area (Å²) in [6.45, 7) is 7.21. The summed E-state index contributed by atoms with van der Waals surface area (Å²) in [4.78, 5) is 23.0. The van der Waals surface area contributed by atoms with Crippen molar-refractivity contribution in [2.75, 3.05) is 45.2 Å². The van der Waals surface area contributed by atoms with E-state index in [0.717, 1.165) is 45.3 Å². The highest BCUT2D eigenvalue weighted by atomic mass is 16.5. The second-order valence-corrected chi connectivity index (χ2v) is 6.34. The molecule has 0 radical (unpaired) electrons. The van der Waals surface area contributed by atoms with Crippen LogP contribution in [0.1, 0.15) is 51.5 Å². The van der Waals surface area contributed by atoms with Gasteiger partial charge in [0.05, 0.1) is 12.6 Å². The van der Waals surface area contributed by atoms with Crippen molar-refractivity contribution in [3.63, 3.8) is 0 Å². The summed E-state index contributed by atoms with van der Waals surface area (Å²) in [6, 6.07) is 0.0604. The van der Waals surface area contributed by atoms with E-state index in [-0.39, 0.29) is 11.9 Å². The Morgan fingerprint density at radius 3 is 2.57 bits per heavy atom. The molecule has 0 N–H and O–H groups in total. The van der Waals surface area contributed by atoms with E-state index >= 15 is 0 Å². The Morgan fingerprint density at radius 1 is 1.30 bits per heavy atom. The minimum Gasteiger partial charge on any atom is -0.344 e. The van der Waals surface area contributed by atoms with Crippen LogP contribution in [0, 0.1) is 0 Å². The molecule has 0 spiro atoms. The quantitative estimate of drug-likeness (QED) is 0.728. The Bertz CT molecular complexity index is 496. The van der Waals surface area contributed by atoms with Crippen LogP contribution in [0.4, 0.5) is 5.95 Å². The molecule has 2 rings (SSSR count). The summed E-state index contributed by atoms with van der Waals surface area (Å²) in [5.74, 6) is 1.40. The first kappa shape index (κ1) is 17.7. The number of anilines is 1. The number of hydrogen-bond acceptors (Lipinski definition) is 6. The zero-order chi connectivity index (χ0) is 16.8. The van der Waals surface area contributed by atoms with Crippen molar-refractivity contribution in [3.05, 3.63) is 5.89 Å². The number of carbonyl (C=O) groups is 1. The van der Waals surface area contributed by atoms with E-state index in [1.165, 1.54) is 0 Å². The molecule has 0 saturated carbocycles. The number of amides is 1. The van der Waals surface area contributed by atoms with Gasteiger partial charge in [0.15, 0.2) is 0 Å². The molecule has 0 bridgehead atoms. The number of hydrogen-bond donors (Lipinski definition) is 0. The highest BCUT2D eigenvalue weighted by Crippen LogP contribution is 2.31. The highest BCUT2D eigenvalue weighted by Gasteiger charge is 2.32. The molecule has 7 nitrogen and oxygen atoms in total. The second kappa shape index (κ2) is 8.29. The van der Waals surface area contributed by atoms with Crippen molar-refractivity contribution in [2.45, 2.75) is 45.6 Å². The number of aromatic nitrogens is 2. The minimum absolute atomic E-state index is 0.0604. The molecule has 23 heavy (non-hydrogen) atoms. The van der Waals surface area contributed by atoms with Gasteiger partial charge in [0.25, 0.3) is 5.95 Å². The molecule has 2 heterocycles. The van der Waals surface area contributed by atoms with Crippen LogP contribution in [0.25, 0.3) is 0 Å². The van der Waals surface area contributed by atoms with Crippen molar-refractivity contribution >= 4 is 11.9 Å². The third kappa shape index (κ3) is 4.43. The summed E-state index contributed by atoms with van der Waals surface area (Å²) in [7, 11) is 3.77. The normalized spacial score (nSPS) is 18.3. The van der Waals surface area contributed by atoms with Gasteiger partial charge in [-0.25, -0.2) is 0 Å². The molecule has 0 unspecified atom stereocenters. The van der Waals surface area contributed by atoms with Crippen molar-refractivity contribution < 1.29 is 9.32 Å². The number of rotatable bonds is 8. The first-order chi connectivity index (χ1) is 11.1. The predicted octanol–water partition coefficient (Wildman–Crippen LogP) is 1.92. The Kier molecular flexibility index (Phi) is 6.38. The number of nitrogens with zero attached hydrogens (tertiary/aromatic N) is 5. The SMILES string of the molecule is CCCN(CCC)C(=O)CN1CCC[C@H]1c1nc(N(C)C)no1. The van der Waals surface area contributed by atoms with Gasteiger partial charge in [-0.2, -0.15) is 4.98 Å². The lowest BCUT2D eigenvalue weighted by Crippen LogP contribution is -2.41. The molecule has 1 aromatic heterocycles. The van der Waals surface area contributed by atoms with Crippen LogP contribution in [0.5, 0.6) is 0 Å². The molecule has 1 fully saturated rings. The van der Waals surface area contributed by atoms with E-state index in [0.29, 0.717) is 18.4 Å². The predicted molar refractivity (Wildman–Crippen MR) is 89.3 cm³/mol. The van der Waals surface area contributed by atoms with Gasteiger partial charge in [0.1, 0.15) is 0 Å². The fourth-order valence-corrected chi connectivity index (χ4v) is 3.01. The van der Waals surface area contributed by atoms with Gasteiger partial charge in [-0.15, -0.1) is 0 Å². The maximum Gasteiger partial charge on any atom is 0.265 e. The van der Waals surface area contributed by atoms with Crippen LogP contribution in [0.3, 0.4) is 0 Å². The van der Waals surface area contributed by atoms with Crippen molar-refractivity contribution in [1.29, 1.82) is 0 Å². The molecule has 7 heteroatoms. The van der Waals surface area contributed by atoms with Gasteiger partial charge in [-0.1, -0.05) is 13.8 Å². The van der Waals surface area contributed by atoms with Crippen molar-refractivity contribution in [1.82, 2.24) is 19.9 Å². The first-order valence-electron chi connectivity index (χ1n) is 8.59. The Balaban J connectivity index is 2.01. The van der Waals surface area contributed by atoms with Gasteiger partial charge in [-0.05, 0) is 37.4 Å². The molecular formula is C16H29N5O2. The average Bonchev–Trinajstić information content (AvgIpc) is 3.15. The molecule has 0 aromatic carbocycles. The van der Waals surface area contributed by atoms with Gasteiger partial charge in [0.2, 0.25) is 11.8 Å². The van der Waals surface area contributed by atoms with E-state index in [1.54, 1.807) is 0 Å². The third-order valence-electron chi connectivity index (χ3n) is 4.16. The maximum atomic E-state index is 12.6. The van der Waals surface area contributed by atoms with E-state index in [9.17, 15) is 4.79 Å². The molecule has 0 aliphatic carbocycles. The number of carbonyl (C=O) groups excluding carboxylic acids is 1. The topological polar surface area (TPSA) is 65.7 Å². The van der Waals surface area contributed by atoms with Crippen molar-refractivity contribution in [3.8, 4) is 0 Å². The van der Waals surface area contributed by atoms with Crippen LogP contribution in [0.2, 0.25) is 0 Å². The van der Waals surface area contributed by atoms with Crippen molar-refractivity contribution in [2.24, 2.45) is 0 Å². The van der Waals surface area contributed by atoms with Crippen LogP contribution < -0.4 is 4.90 Å². The lowest BCUT2D eigenvalue weighted by atomic mass is 10.2. The van der Waals surface area contributed by atoms with Gasteiger partial charge in [-0.3, -0.25) is 9.69 Å². The molecule has 1 saturated heterocycles. The summed E-state index contributed by atoms with van der Waals surface area (Å²) in [5.41, 5.74) is 0. The highest BCUT2D eigenvalue weighted by molar-refractivity contribution is 5.78. The van der Waals surface area contributed by atoms with Crippen LogP contribution >= 0.6 is 0 Å². The smallest absolute Gasteiger partial charge is 0.265 e. The Morgan fingerprint density at radius 2 is 2.00 bits per heavy atom. The van der Waals surface area contributed by atoms with Gasteiger partial charge >= 0.3 is 0 Å². The lowest BCUT2D eigenvalue weighted by Gasteiger charge is -2.26. The van der Waals surface area contributed by atoms with Gasteiger partial charge < -0.3 is 14.3 Å². The van der Waals surface area contributed by atoms with E-state index in [4.69, 9.17) is 4.52 Å². The zero-order valence-corrected chi connectivity index (χ0v) is 14.8. The third-order valence-corrected chi connectivity index (χ3v) is 4.16. The molecule has 1 aliphatic heterocycles. The first-order valence-corrected chi connectivity index (χ1v) is 8.59. The van der Waals surface area contributed by atoms with Crippen LogP contribution in [0.15, 0.2) is 4.52 Å². The standard InChI is InChI=1S/C16H29N5O2/c1-5-9-20(10-6-2)14(22)12-21-11-7-8-13(21)15-17-16(18-23-15)19(3)4/h13H,5-12H2,1-4H3/t13-/m0/s1. The fraction of sp³-hybridized carbons (Fsp3) is 0.812. The van der Waals surface area contributed by atoms with E-state index in [2.05, 4.69) is 28.9 Å². The summed E-state index contributed by atoms with van der Waals surface area (Å²) in [6.07, 6.45) is 4.00. The second-order valence-electron chi connectivity index (χ2n) is 6.34. The Labute approximate surface area is 138 Å². The number of likely N-dealkylation sites (tertiary alicyclic amines) is 1. The van der Waals surface area contributed by atoms with Crippen LogP contribution in [-0.2, 0) is 4.79 Å². The summed E-state index contributed by atoms with van der Waals surface area (Å²) < 4.78 is 5.41. The summed E-state index contributed by atoms with van der Waals surface area (Å²) >= 11 is 0.